The monoisotopic (exact) mass is 312 g/mol. The van der Waals surface area contributed by atoms with Gasteiger partial charge in [0.1, 0.15) is 0 Å². The fourth-order valence-corrected chi connectivity index (χ4v) is 2.34. The van der Waals surface area contributed by atoms with Crippen molar-refractivity contribution in [2.75, 3.05) is 13.1 Å². The van der Waals surface area contributed by atoms with E-state index in [-0.39, 0.29) is 12.6 Å². The number of nitrogens with zero attached hydrogens (tertiary/aromatic N) is 1. The third-order valence-corrected chi connectivity index (χ3v) is 3.81. The van der Waals surface area contributed by atoms with Crippen molar-refractivity contribution in [3.63, 3.8) is 0 Å². The van der Waals surface area contributed by atoms with Gasteiger partial charge in [-0.05, 0) is 25.0 Å². The quantitative estimate of drug-likeness (QED) is 0.860. The molecule has 23 heavy (non-hydrogen) atoms. The van der Waals surface area contributed by atoms with Gasteiger partial charge in [-0.25, -0.2) is 4.79 Å². The summed E-state index contributed by atoms with van der Waals surface area (Å²) in [4.78, 5) is 13.9. The van der Waals surface area contributed by atoms with Crippen LogP contribution in [0.1, 0.15) is 29.7 Å². The first-order valence-corrected chi connectivity index (χ1v) is 7.91. The maximum Gasteiger partial charge on any atom is 0.317 e. The Balaban J connectivity index is 1.90. The molecule has 2 amide bonds. The van der Waals surface area contributed by atoms with Gasteiger partial charge in [-0.15, -0.1) is 0 Å². The molecule has 2 aromatic rings. The summed E-state index contributed by atoms with van der Waals surface area (Å²) in [6, 6.07) is 17.3. The van der Waals surface area contributed by atoms with Gasteiger partial charge in [-0.2, -0.15) is 0 Å². The smallest absolute Gasteiger partial charge is 0.317 e. The van der Waals surface area contributed by atoms with E-state index in [0.29, 0.717) is 13.1 Å². The molecule has 0 bridgehead atoms. The minimum atomic E-state index is -0.682. The standard InChI is InChI=1S/C19H24N2O2/c1-3-21(14-18(22)17-11-9-15(2)10-12-17)19(23)20-13-16-7-5-4-6-8-16/h4-12,18,22H,3,13-14H2,1-2H3,(H,20,23). The molecule has 1 unspecified atom stereocenters. The summed E-state index contributed by atoms with van der Waals surface area (Å²) >= 11 is 0. The first-order chi connectivity index (χ1) is 11.1. The highest BCUT2D eigenvalue weighted by Gasteiger charge is 2.17. The molecule has 4 heteroatoms. The molecule has 1 atom stereocenters. The summed E-state index contributed by atoms with van der Waals surface area (Å²) < 4.78 is 0. The first kappa shape index (κ1) is 17.0. The highest BCUT2D eigenvalue weighted by atomic mass is 16.3. The SMILES string of the molecule is CCN(CC(O)c1ccc(C)cc1)C(=O)NCc1ccccc1. The molecule has 0 heterocycles. The van der Waals surface area contributed by atoms with Crippen LogP contribution in [0.3, 0.4) is 0 Å². The molecule has 0 fully saturated rings. The van der Waals surface area contributed by atoms with Crippen molar-refractivity contribution in [3.8, 4) is 0 Å². The van der Waals surface area contributed by atoms with Gasteiger partial charge in [0.25, 0.3) is 0 Å². The molecule has 2 aromatic carbocycles. The van der Waals surface area contributed by atoms with E-state index < -0.39 is 6.10 Å². The number of hydrogen-bond donors (Lipinski definition) is 2. The largest absolute Gasteiger partial charge is 0.387 e. The van der Waals surface area contributed by atoms with E-state index in [9.17, 15) is 9.90 Å². The third-order valence-electron chi connectivity index (χ3n) is 3.81. The Kier molecular flexibility index (Phi) is 6.18. The van der Waals surface area contributed by atoms with E-state index in [4.69, 9.17) is 0 Å². The van der Waals surface area contributed by atoms with Crippen LogP contribution in [0.15, 0.2) is 54.6 Å². The molecule has 0 saturated carbocycles. The number of benzene rings is 2. The van der Waals surface area contributed by atoms with Crippen LogP contribution in [0.25, 0.3) is 0 Å². The van der Waals surface area contributed by atoms with Crippen LogP contribution in [0.2, 0.25) is 0 Å². The number of aliphatic hydroxyl groups excluding tert-OH is 1. The summed E-state index contributed by atoms with van der Waals surface area (Å²) in [5, 5.41) is 13.2. The number of nitrogens with one attached hydrogen (secondary N) is 1. The van der Waals surface area contributed by atoms with Crippen molar-refractivity contribution in [2.45, 2.75) is 26.5 Å². The van der Waals surface area contributed by atoms with Crippen molar-refractivity contribution >= 4 is 6.03 Å². The second-order valence-corrected chi connectivity index (χ2v) is 5.61. The minimum absolute atomic E-state index is 0.164. The van der Waals surface area contributed by atoms with E-state index >= 15 is 0 Å². The maximum absolute atomic E-state index is 12.3. The summed E-state index contributed by atoms with van der Waals surface area (Å²) in [5.41, 5.74) is 3.02. The molecule has 0 aromatic heterocycles. The van der Waals surface area contributed by atoms with Crippen LogP contribution in [0.4, 0.5) is 4.79 Å². The van der Waals surface area contributed by atoms with Gasteiger partial charge in [0, 0.05) is 13.1 Å². The summed E-state index contributed by atoms with van der Waals surface area (Å²) in [7, 11) is 0. The van der Waals surface area contributed by atoms with Gasteiger partial charge >= 0.3 is 6.03 Å². The molecule has 0 saturated heterocycles. The summed E-state index contributed by atoms with van der Waals surface area (Å²) in [6.07, 6.45) is -0.682. The van der Waals surface area contributed by atoms with Crippen LogP contribution in [0.5, 0.6) is 0 Å². The predicted octanol–water partition coefficient (Wildman–Crippen LogP) is 3.26. The number of hydrogen-bond acceptors (Lipinski definition) is 2. The van der Waals surface area contributed by atoms with Crippen LogP contribution < -0.4 is 5.32 Å². The van der Waals surface area contributed by atoms with E-state index in [1.807, 2.05) is 68.4 Å². The lowest BCUT2D eigenvalue weighted by molar-refractivity contribution is 0.123. The Morgan fingerprint density at radius 1 is 1.13 bits per heavy atom. The first-order valence-electron chi connectivity index (χ1n) is 7.91. The fourth-order valence-electron chi connectivity index (χ4n) is 2.34. The number of amides is 2. The predicted molar refractivity (Wildman–Crippen MR) is 92.1 cm³/mol. The molecular formula is C19H24N2O2. The van der Waals surface area contributed by atoms with Gasteiger partial charge in [0.2, 0.25) is 0 Å². The molecule has 0 spiro atoms. The zero-order chi connectivity index (χ0) is 16.7. The molecule has 0 aliphatic rings. The fraction of sp³-hybridized carbons (Fsp3) is 0.316. The zero-order valence-corrected chi connectivity index (χ0v) is 13.7. The zero-order valence-electron chi connectivity index (χ0n) is 13.7. The number of carbonyl (C=O) groups excluding carboxylic acids is 1. The Hall–Kier alpha value is -2.33. The van der Waals surface area contributed by atoms with Gasteiger partial charge in [0.05, 0.1) is 12.6 Å². The van der Waals surface area contributed by atoms with E-state index in [1.54, 1.807) is 4.90 Å². The maximum atomic E-state index is 12.3. The number of aryl methyl sites for hydroxylation is 1. The van der Waals surface area contributed by atoms with Gasteiger partial charge in [-0.3, -0.25) is 0 Å². The molecule has 4 nitrogen and oxygen atoms in total. The van der Waals surface area contributed by atoms with Gasteiger partial charge in [-0.1, -0.05) is 60.2 Å². The van der Waals surface area contributed by atoms with Crippen LogP contribution in [-0.4, -0.2) is 29.1 Å². The Bertz CT molecular complexity index is 611. The lowest BCUT2D eigenvalue weighted by Gasteiger charge is -2.24. The van der Waals surface area contributed by atoms with Crippen LogP contribution in [-0.2, 0) is 6.54 Å². The summed E-state index contributed by atoms with van der Waals surface area (Å²) in [5.74, 6) is 0. The van der Waals surface area contributed by atoms with Crippen LogP contribution >= 0.6 is 0 Å². The van der Waals surface area contributed by atoms with Crippen molar-refractivity contribution in [1.82, 2.24) is 10.2 Å². The molecular weight excluding hydrogens is 288 g/mol. The van der Waals surface area contributed by atoms with Gasteiger partial charge in [0.15, 0.2) is 0 Å². The topological polar surface area (TPSA) is 52.6 Å². The Morgan fingerprint density at radius 3 is 2.39 bits per heavy atom. The minimum Gasteiger partial charge on any atom is -0.387 e. The number of likely N-dealkylation sites (N-methyl/N-ethyl adjacent to an activating group) is 1. The molecule has 2 N–H and O–H groups in total. The van der Waals surface area contributed by atoms with Crippen LogP contribution in [0, 0.1) is 6.92 Å². The van der Waals surface area contributed by atoms with E-state index in [1.165, 1.54) is 0 Å². The van der Waals surface area contributed by atoms with Gasteiger partial charge < -0.3 is 15.3 Å². The second kappa shape index (κ2) is 8.34. The number of rotatable bonds is 6. The normalized spacial score (nSPS) is 11.8. The van der Waals surface area contributed by atoms with E-state index in [0.717, 1.165) is 16.7 Å². The Labute approximate surface area is 137 Å². The lowest BCUT2D eigenvalue weighted by Crippen LogP contribution is -2.41. The lowest BCUT2D eigenvalue weighted by atomic mass is 10.1. The molecule has 0 aliphatic heterocycles. The molecule has 2 rings (SSSR count). The molecule has 0 aliphatic carbocycles. The highest BCUT2D eigenvalue weighted by Crippen LogP contribution is 2.15. The second-order valence-electron chi connectivity index (χ2n) is 5.61. The average molecular weight is 312 g/mol. The van der Waals surface area contributed by atoms with E-state index in [2.05, 4.69) is 5.32 Å². The van der Waals surface area contributed by atoms with Crippen molar-refractivity contribution in [3.05, 3.63) is 71.3 Å². The van der Waals surface area contributed by atoms with Crippen molar-refractivity contribution in [1.29, 1.82) is 0 Å². The third kappa shape index (κ3) is 5.11. The molecule has 122 valence electrons. The number of aliphatic hydroxyl groups is 1. The van der Waals surface area contributed by atoms with Crippen molar-refractivity contribution < 1.29 is 9.90 Å². The molecule has 0 radical (unpaired) electrons. The highest BCUT2D eigenvalue weighted by molar-refractivity contribution is 5.74. The Morgan fingerprint density at radius 2 is 1.78 bits per heavy atom. The summed E-state index contributed by atoms with van der Waals surface area (Å²) in [6.45, 7) is 5.22. The number of carbonyl (C=O) groups is 1. The number of urea groups is 1. The average Bonchev–Trinajstić information content (AvgIpc) is 2.59. The van der Waals surface area contributed by atoms with Crippen molar-refractivity contribution in [2.24, 2.45) is 0 Å².